The fourth-order valence-electron chi connectivity index (χ4n) is 2.06. The fraction of sp³-hybridized carbons (Fsp3) is 0.333. The van der Waals surface area contributed by atoms with Crippen LogP contribution in [0.1, 0.15) is 24.1 Å². The Labute approximate surface area is 133 Å². The molecule has 8 nitrogen and oxygen atoms in total. The van der Waals surface area contributed by atoms with Gasteiger partial charge in [-0.15, -0.1) is 5.10 Å². The van der Waals surface area contributed by atoms with E-state index in [2.05, 4.69) is 10.1 Å². The molecule has 0 amide bonds. The second kappa shape index (κ2) is 7.61. The second-order valence-electron chi connectivity index (χ2n) is 5.20. The quantitative estimate of drug-likeness (QED) is 0.676. The molecule has 0 saturated carbocycles. The number of carboxylic acids is 1. The van der Waals surface area contributed by atoms with Gasteiger partial charge in [-0.2, -0.15) is 4.68 Å². The van der Waals surface area contributed by atoms with Crippen LogP contribution in [0.25, 0.3) is 11.4 Å². The van der Waals surface area contributed by atoms with E-state index >= 15 is 0 Å². The molecule has 1 heterocycles. The lowest BCUT2D eigenvalue weighted by Crippen LogP contribution is -2.36. The molecular formula is C15H19N5O3. The molecule has 2 atom stereocenters. The molecule has 0 aliphatic heterocycles. The average molecular weight is 317 g/mol. The number of carbonyl (C=O) groups excluding carboxylic acids is 1. The highest BCUT2D eigenvalue weighted by Gasteiger charge is 2.19. The summed E-state index contributed by atoms with van der Waals surface area (Å²) in [5.74, 6) is -1.00. The summed E-state index contributed by atoms with van der Waals surface area (Å²) in [6, 6.07) is 7.57. The van der Waals surface area contributed by atoms with Crippen molar-refractivity contribution < 1.29 is 14.7 Å². The molecule has 0 aliphatic carbocycles. The van der Waals surface area contributed by atoms with E-state index in [0.29, 0.717) is 18.7 Å². The number of carboxylic acid groups (broad SMARTS) is 1. The van der Waals surface area contributed by atoms with Crippen LogP contribution in [-0.2, 0) is 4.79 Å². The van der Waals surface area contributed by atoms with Gasteiger partial charge >= 0.3 is 5.97 Å². The van der Waals surface area contributed by atoms with Crippen LogP contribution < -0.4 is 11.5 Å². The van der Waals surface area contributed by atoms with Gasteiger partial charge in [0.05, 0.1) is 6.04 Å². The first-order valence-corrected chi connectivity index (χ1v) is 7.24. The average Bonchev–Trinajstić information content (AvgIpc) is 3.04. The number of aliphatic carboxylic acids is 1. The number of hydrogen-bond acceptors (Lipinski definition) is 6. The van der Waals surface area contributed by atoms with Gasteiger partial charge in [0, 0.05) is 5.56 Å². The SMILES string of the molecule is NC(CCC[C@H](N)C(=O)O)C(=O)n1cnc(-c2ccccc2)n1. The zero-order valence-corrected chi connectivity index (χ0v) is 12.5. The normalized spacial score (nSPS) is 13.5. The highest BCUT2D eigenvalue weighted by Crippen LogP contribution is 2.13. The standard InChI is InChI=1S/C15H19N5O3/c16-11(7-4-8-12(17)15(22)23)14(21)20-9-18-13(19-20)10-5-2-1-3-6-10/h1-3,5-6,9,11-12H,4,7-8,16-17H2,(H,22,23)/t11?,12-/m0/s1. The molecule has 8 heteroatoms. The Balaban J connectivity index is 1.93. The van der Waals surface area contributed by atoms with Gasteiger partial charge in [0.15, 0.2) is 5.82 Å². The maximum atomic E-state index is 12.2. The molecule has 0 radical (unpaired) electrons. The third-order valence-corrected chi connectivity index (χ3v) is 3.41. The van der Waals surface area contributed by atoms with E-state index < -0.39 is 18.1 Å². The molecule has 0 fully saturated rings. The topological polar surface area (TPSA) is 137 Å². The first-order chi connectivity index (χ1) is 11.0. The highest BCUT2D eigenvalue weighted by molar-refractivity contribution is 5.83. The number of benzene rings is 1. The number of carbonyl (C=O) groups is 2. The van der Waals surface area contributed by atoms with Crippen LogP contribution in [0.4, 0.5) is 0 Å². The van der Waals surface area contributed by atoms with Crippen LogP contribution in [0.3, 0.4) is 0 Å². The summed E-state index contributed by atoms with van der Waals surface area (Å²) < 4.78 is 1.12. The summed E-state index contributed by atoms with van der Waals surface area (Å²) in [6.45, 7) is 0. The fourth-order valence-corrected chi connectivity index (χ4v) is 2.06. The number of nitrogens with zero attached hydrogens (tertiary/aromatic N) is 3. The van der Waals surface area contributed by atoms with E-state index in [1.807, 2.05) is 30.3 Å². The van der Waals surface area contributed by atoms with E-state index in [4.69, 9.17) is 16.6 Å². The van der Waals surface area contributed by atoms with Crippen molar-refractivity contribution >= 4 is 11.9 Å². The van der Waals surface area contributed by atoms with Crippen LogP contribution in [-0.4, -0.2) is 43.8 Å². The number of nitrogens with two attached hydrogens (primary N) is 2. The van der Waals surface area contributed by atoms with Crippen LogP contribution in [0.2, 0.25) is 0 Å². The summed E-state index contributed by atoms with van der Waals surface area (Å²) in [4.78, 5) is 26.9. The van der Waals surface area contributed by atoms with Crippen molar-refractivity contribution in [2.45, 2.75) is 31.3 Å². The monoisotopic (exact) mass is 317 g/mol. The molecule has 5 N–H and O–H groups in total. The first-order valence-electron chi connectivity index (χ1n) is 7.24. The largest absolute Gasteiger partial charge is 0.480 e. The van der Waals surface area contributed by atoms with Crippen LogP contribution >= 0.6 is 0 Å². The van der Waals surface area contributed by atoms with Gasteiger partial charge in [-0.25, -0.2) is 4.98 Å². The minimum atomic E-state index is -1.06. The summed E-state index contributed by atoms with van der Waals surface area (Å²) >= 11 is 0. The maximum Gasteiger partial charge on any atom is 0.320 e. The first kappa shape index (κ1) is 16.8. The van der Waals surface area contributed by atoms with Crippen molar-refractivity contribution in [1.29, 1.82) is 0 Å². The van der Waals surface area contributed by atoms with Crippen molar-refractivity contribution in [3.63, 3.8) is 0 Å². The smallest absolute Gasteiger partial charge is 0.320 e. The molecule has 1 aromatic carbocycles. The maximum absolute atomic E-state index is 12.2. The number of hydrogen-bond donors (Lipinski definition) is 3. The minimum Gasteiger partial charge on any atom is -0.480 e. The number of aromatic nitrogens is 3. The van der Waals surface area contributed by atoms with E-state index in [0.717, 1.165) is 10.2 Å². The summed E-state index contributed by atoms with van der Waals surface area (Å²) in [6.07, 6.45) is 2.37. The Hall–Kier alpha value is -2.58. The highest BCUT2D eigenvalue weighted by atomic mass is 16.4. The Kier molecular flexibility index (Phi) is 5.56. The zero-order valence-electron chi connectivity index (χ0n) is 12.5. The van der Waals surface area contributed by atoms with Crippen molar-refractivity contribution in [1.82, 2.24) is 14.8 Å². The molecule has 0 spiro atoms. The predicted octanol–water partition coefficient (Wildman–Crippen LogP) is 0.495. The zero-order chi connectivity index (χ0) is 16.8. The third kappa shape index (κ3) is 4.44. The lowest BCUT2D eigenvalue weighted by Gasteiger charge is -2.11. The van der Waals surface area contributed by atoms with E-state index in [1.54, 1.807) is 0 Å². The van der Waals surface area contributed by atoms with Crippen molar-refractivity contribution in [2.75, 3.05) is 0 Å². The Morgan fingerprint density at radius 3 is 2.43 bits per heavy atom. The van der Waals surface area contributed by atoms with Gasteiger partial charge in [0.2, 0.25) is 0 Å². The molecule has 2 aromatic rings. The van der Waals surface area contributed by atoms with Gasteiger partial charge in [-0.3, -0.25) is 9.59 Å². The van der Waals surface area contributed by atoms with Gasteiger partial charge in [-0.1, -0.05) is 30.3 Å². The third-order valence-electron chi connectivity index (χ3n) is 3.41. The minimum absolute atomic E-state index is 0.267. The van der Waals surface area contributed by atoms with E-state index in [9.17, 15) is 9.59 Å². The Morgan fingerprint density at radius 1 is 1.13 bits per heavy atom. The number of rotatable bonds is 7. The lowest BCUT2D eigenvalue weighted by molar-refractivity contribution is -0.138. The van der Waals surface area contributed by atoms with Gasteiger partial charge in [-0.05, 0) is 19.3 Å². The Bertz CT molecular complexity index is 671. The summed E-state index contributed by atoms with van der Waals surface area (Å²) in [7, 11) is 0. The van der Waals surface area contributed by atoms with Crippen LogP contribution in [0, 0.1) is 0 Å². The molecule has 2 rings (SSSR count). The van der Waals surface area contributed by atoms with Crippen molar-refractivity contribution in [3.05, 3.63) is 36.7 Å². The molecule has 1 aromatic heterocycles. The second-order valence-corrected chi connectivity index (χ2v) is 5.20. The predicted molar refractivity (Wildman–Crippen MR) is 83.5 cm³/mol. The molecule has 0 bridgehead atoms. The lowest BCUT2D eigenvalue weighted by atomic mass is 10.1. The van der Waals surface area contributed by atoms with Crippen molar-refractivity contribution in [3.8, 4) is 11.4 Å². The van der Waals surface area contributed by atoms with Crippen molar-refractivity contribution in [2.24, 2.45) is 11.5 Å². The van der Waals surface area contributed by atoms with Crippen LogP contribution in [0.15, 0.2) is 36.7 Å². The molecule has 0 aliphatic rings. The summed E-state index contributed by atoms with van der Waals surface area (Å²) in [5, 5.41) is 12.8. The molecule has 0 saturated heterocycles. The van der Waals surface area contributed by atoms with Gasteiger partial charge in [0.25, 0.3) is 5.91 Å². The van der Waals surface area contributed by atoms with Gasteiger partial charge in [0.1, 0.15) is 12.4 Å². The molecular weight excluding hydrogens is 298 g/mol. The summed E-state index contributed by atoms with van der Waals surface area (Å²) in [5.41, 5.74) is 12.0. The van der Waals surface area contributed by atoms with E-state index in [1.165, 1.54) is 6.33 Å². The van der Waals surface area contributed by atoms with Crippen LogP contribution in [0.5, 0.6) is 0 Å². The molecule has 23 heavy (non-hydrogen) atoms. The van der Waals surface area contributed by atoms with E-state index in [-0.39, 0.29) is 12.3 Å². The Morgan fingerprint density at radius 2 is 1.78 bits per heavy atom. The van der Waals surface area contributed by atoms with Gasteiger partial charge < -0.3 is 16.6 Å². The molecule has 122 valence electrons. The molecule has 1 unspecified atom stereocenters.